The highest BCUT2D eigenvalue weighted by molar-refractivity contribution is 9.10. The summed E-state index contributed by atoms with van der Waals surface area (Å²) in [7, 11) is 1.32. The minimum Gasteiger partial charge on any atom is -0.467 e. The SMILES string of the molecule is COC(=O)[C@@H](Cc1ccccc1Br)NC(=O)Cc1ccc2ccccc2c1. The van der Waals surface area contributed by atoms with Gasteiger partial charge in [0.15, 0.2) is 0 Å². The number of esters is 1. The van der Waals surface area contributed by atoms with Gasteiger partial charge in [-0.2, -0.15) is 0 Å². The molecule has 3 aromatic rings. The molecule has 0 radical (unpaired) electrons. The summed E-state index contributed by atoms with van der Waals surface area (Å²) >= 11 is 3.47. The smallest absolute Gasteiger partial charge is 0.328 e. The van der Waals surface area contributed by atoms with Crippen molar-refractivity contribution in [2.24, 2.45) is 0 Å². The number of nitrogens with one attached hydrogen (secondary N) is 1. The van der Waals surface area contributed by atoms with Crippen molar-refractivity contribution in [1.29, 1.82) is 0 Å². The second-order valence-electron chi connectivity index (χ2n) is 6.30. The van der Waals surface area contributed by atoms with Crippen LogP contribution in [0.3, 0.4) is 0 Å². The maximum absolute atomic E-state index is 12.5. The van der Waals surface area contributed by atoms with Crippen LogP contribution in [0.25, 0.3) is 10.8 Å². The van der Waals surface area contributed by atoms with Crippen LogP contribution in [-0.2, 0) is 27.2 Å². The first-order valence-corrected chi connectivity index (χ1v) is 9.44. The number of benzene rings is 3. The monoisotopic (exact) mass is 425 g/mol. The fraction of sp³-hybridized carbons (Fsp3) is 0.182. The standard InChI is InChI=1S/C22H20BrNO3/c1-27-22(26)20(14-18-8-4-5-9-19(18)23)24-21(25)13-15-10-11-16-6-2-3-7-17(16)12-15/h2-12,20H,13-14H2,1H3,(H,24,25)/t20-/m1/s1. The Labute approximate surface area is 166 Å². The number of carbonyl (C=O) groups excluding carboxylic acids is 2. The van der Waals surface area contributed by atoms with E-state index in [1.807, 2.05) is 66.7 Å². The van der Waals surface area contributed by atoms with E-state index in [-0.39, 0.29) is 12.3 Å². The summed E-state index contributed by atoms with van der Waals surface area (Å²) in [4.78, 5) is 24.7. The third kappa shape index (κ3) is 4.95. The Morgan fingerprint density at radius 1 is 1.00 bits per heavy atom. The number of rotatable bonds is 6. The summed E-state index contributed by atoms with van der Waals surface area (Å²) in [6, 6.07) is 20.8. The molecule has 0 unspecified atom stereocenters. The third-order valence-corrected chi connectivity index (χ3v) is 5.15. The summed E-state index contributed by atoms with van der Waals surface area (Å²) in [5.41, 5.74) is 1.83. The molecule has 1 N–H and O–H groups in total. The van der Waals surface area contributed by atoms with Gasteiger partial charge in [-0.1, -0.05) is 76.6 Å². The van der Waals surface area contributed by atoms with Gasteiger partial charge in [-0.3, -0.25) is 4.79 Å². The highest BCUT2D eigenvalue weighted by Gasteiger charge is 2.22. The molecule has 0 heterocycles. The molecule has 27 heavy (non-hydrogen) atoms. The first-order valence-electron chi connectivity index (χ1n) is 8.65. The van der Waals surface area contributed by atoms with Crippen molar-refractivity contribution >= 4 is 38.6 Å². The predicted octanol–water partition coefficient (Wildman–Crippen LogP) is 4.05. The zero-order chi connectivity index (χ0) is 19.2. The van der Waals surface area contributed by atoms with E-state index in [4.69, 9.17) is 4.74 Å². The molecule has 1 atom stereocenters. The van der Waals surface area contributed by atoms with E-state index in [2.05, 4.69) is 21.2 Å². The number of ether oxygens (including phenoxy) is 1. The lowest BCUT2D eigenvalue weighted by atomic mass is 10.0. The number of hydrogen-bond acceptors (Lipinski definition) is 3. The molecule has 3 rings (SSSR count). The molecular formula is C22H20BrNO3. The molecule has 3 aromatic carbocycles. The average Bonchev–Trinajstić information content (AvgIpc) is 2.68. The molecule has 4 nitrogen and oxygen atoms in total. The summed E-state index contributed by atoms with van der Waals surface area (Å²) in [6.07, 6.45) is 0.561. The van der Waals surface area contributed by atoms with Crippen molar-refractivity contribution in [1.82, 2.24) is 5.32 Å². The van der Waals surface area contributed by atoms with Crippen molar-refractivity contribution in [2.45, 2.75) is 18.9 Å². The summed E-state index contributed by atoms with van der Waals surface area (Å²) in [5.74, 6) is -0.676. The lowest BCUT2D eigenvalue weighted by Crippen LogP contribution is -2.43. The molecule has 0 aliphatic rings. The van der Waals surface area contributed by atoms with Gasteiger partial charge in [-0.05, 0) is 28.0 Å². The normalized spacial score (nSPS) is 11.8. The van der Waals surface area contributed by atoms with Crippen LogP contribution >= 0.6 is 15.9 Å². The number of carbonyl (C=O) groups is 2. The molecule has 0 aliphatic carbocycles. The molecule has 138 valence electrons. The quantitative estimate of drug-likeness (QED) is 0.606. The van der Waals surface area contributed by atoms with Gasteiger partial charge in [0, 0.05) is 10.9 Å². The number of halogens is 1. The largest absolute Gasteiger partial charge is 0.467 e. The molecular weight excluding hydrogens is 406 g/mol. The van der Waals surface area contributed by atoms with E-state index in [9.17, 15) is 9.59 Å². The molecule has 0 saturated carbocycles. The number of amides is 1. The molecule has 0 fully saturated rings. The van der Waals surface area contributed by atoms with Gasteiger partial charge in [0.2, 0.25) is 5.91 Å². The van der Waals surface area contributed by atoms with Crippen molar-refractivity contribution in [3.63, 3.8) is 0 Å². The number of fused-ring (bicyclic) bond motifs is 1. The minimum absolute atomic E-state index is 0.203. The lowest BCUT2D eigenvalue weighted by molar-refractivity contribution is -0.145. The van der Waals surface area contributed by atoms with Crippen molar-refractivity contribution in [2.75, 3.05) is 7.11 Å². The average molecular weight is 426 g/mol. The van der Waals surface area contributed by atoms with E-state index >= 15 is 0 Å². The maximum Gasteiger partial charge on any atom is 0.328 e. The van der Waals surface area contributed by atoms with E-state index in [0.29, 0.717) is 6.42 Å². The Kier molecular flexibility index (Phi) is 6.24. The van der Waals surface area contributed by atoms with Gasteiger partial charge in [-0.25, -0.2) is 4.79 Å². The zero-order valence-electron chi connectivity index (χ0n) is 14.9. The third-order valence-electron chi connectivity index (χ3n) is 4.38. The number of methoxy groups -OCH3 is 1. The Hall–Kier alpha value is -2.66. The predicted molar refractivity (Wildman–Crippen MR) is 109 cm³/mol. The van der Waals surface area contributed by atoms with Crippen molar-refractivity contribution in [3.05, 3.63) is 82.3 Å². The molecule has 1 amide bonds. The second-order valence-corrected chi connectivity index (χ2v) is 7.15. The first kappa shape index (κ1) is 19.1. The van der Waals surface area contributed by atoms with Gasteiger partial charge in [0.25, 0.3) is 0 Å². The fourth-order valence-corrected chi connectivity index (χ4v) is 3.45. The Morgan fingerprint density at radius 3 is 2.44 bits per heavy atom. The Balaban J connectivity index is 1.71. The van der Waals surface area contributed by atoms with E-state index in [1.54, 1.807) is 0 Å². The van der Waals surface area contributed by atoms with Crippen LogP contribution in [-0.4, -0.2) is 25.0 Å². The summed E-state index contributed by atoms with van der Waals surface area (Å²) in [5, 5.41) is 5.02. The first-order chi connectivity index (χ1) is 13.1. The highest BCUT2D eigenvalue weighted by Crippen LogP contribution is 2.19. The van der Waals surface area contributed by atoms with E-state index in [1.165, 1.54) is 7.11 Å². The molecule has 0 spiro atoms. The lowest BCUT2D eigenvalue weighted by Gasteiger charge is -2.17. The van der Waals surface area contributed by atoms with E-state index < -0.39 is 12.0 Å². The van der Waals surface area contributed by atoms with Crippen LogP contribution in [0.1, 0.15) is 11.1 Å². The van der Waals surface area contributed by atoms with Crippen LogP contribution < -0.4 is 5.32 Å². The van der Waals surface area contributed by atoms with Crippen LogP contribution in [0, 0.1) is 0 Å². The second kappa shape index (κ2) is 8.82. The van der Waals surface area contributed by atoms with Gasteiger partial charge in [0.05, 0.1) is 13.5 Å². The van der Waals surface area contributed by atoms with Crippen LogP contribution in [0.4, 0.5) is 0 Å². The van der Waals surface area contributed by atoms with Gasteiger partial charge in [0.1, 0.15) is 6.04 Å². The van der Waals surface area contributed by atoms with Crippen molar-refractivity contribution < 1.29 is 14.3 Å². The van der Waals surface area contributed by atoms with Crippen LogP contribution in [0.5, 0.6) is 0 Å². The molecule has 0 aliphatic heterocycles. The Morgan fingerprint density at radius 2 is 1.70 bits per heavy atom. The molecule has 0 saturated heterocycles. The summed E-state index contributed by atoms with van der Waals surface area (Å²) in [6.45, 7) is 0. The zero-order valence-corrected chi connectivity index (χ0v) is 16.5. The maximum atomic E-state index is 12.5. The topological polar surface area (TPSA) is 55.4 Å². The van der Waals surface area contributed by atoms with Crippen molar-refractivity contribution in [3.8, 4) is 0 Å². The molecule has 0 aromatic heterocycles. The van der Waals surface area contributed by atoms with Crippen LogP contribution in [0.2, 0.25) is 0 Å². The molecule has 5 heteroatoms. The fourth-order valence-electron chi connectivity index (χ4n) is 3.00. The number of hydrogen-bond donors (Lipinski definition) is 1. The van der Waals surface area contributed by atoms with Crippen LogP contribution in [0.15, 0.2) is 71.2 Å². The highest BCUT2D eigenvalue weighted by atomic mass is 79.9. The van der Waals surface area contributed by atoms with Gasteiger partial charge >= 0.3 is 5.97 Å². The Bertz CT molecular complexity index is 970. The minimum atomic E-state index is -0.735. The van der Waals surface area contributed by atoms with Gasteiger partial charge in [-0.15, -0.1) is 0 Å². The van der Waals surface area contributed by atoms with Gasteiger partial charge < -0.3 is 10.1 Å². The summed E-state index contributed by atoms with van der Waals surface area (Å²) < 4.78 is 5.76. The van der Waals surface area contributed by atoms with E-state index in [0.717, 1.165) is 26.4 Å². The molecule has 0 bridgehead atoms.